The average Bonchev–Trinajstić information content (AvgIpc) is 2.76. The van der Waals surface area contributed by atoms with E-state index in [1.54, 1.807) is 11.0 Å². The lowest BCUT2D eigenvalue weighted by atomic mass is 10.0. The molecule has 0 atom stereocenters. The minimum atomic E-state index is 0.0276. The summed E-state index contributed by atoms with van der Waals surface area (Å²) in [6, 6.07) is 13.7. The highest BCUT2D eigenvalue weighted by atomic mass is 35.5. The first-order valence-electron chi connectivity index (χ1n) is 6.76. The van der Waals surface area contributed by atoms with Crippen molar-refractivity contribution < 1.29 is 4.79 Å². The second-order valence-corrected chi connectivity index (χ2v) is 5.88. The number of halogens is 1. The summed E-state index contributed by atoms with van der Waals surface area (Å²) in [6.07, 6.45) is 0. The number of carbonyl (C=O) groups is 1. The molecule has 2 nitrogen and oxygen atoms in total. The summed E-state index contributed by atoms with van der Waals surface area (Å²) in [4.78, 5) is 14.2. The summed E-state index contributed by atoms with van der Waals surface area (Å²) in [5, 5.41) is 0.606. The van der Waals surface area contributed by atoms with Gasteiger partial charge in [-0.05, 0) is 41.3 Å². The molecule has 0 saturated carbocycles. The molecule has 3 rings (SSSR count). The normalized spacial score (nSPS) is 14.0. The van der Waals surface area contributed by atoms with Crippen molar-refractivity contribution in [2.24, 2.45) is 0 Å². The van der Waals surface area contributed by atoms with Gasteiger partial charge in [0, 0.05) is 16.3 Å². The van der Waals surface area contributed by atoms with E-state index in [0.717, 1.165) is 11.3 Å². The summed E-state index contributed by atoms with van der Waals surface area (Å²) in [6.45, 7) is 4.94. The average molecular weight is 286 g/mol. The van der Waals surface area contributed by atoms with Gasteiger partial charge in [-0.1, -0.05) is 43.6 Å². The minimum absolute atomic E-state index is 0.0276. The first-order chi connectivity index (χ1) is 9.56. The molecule has 2 aromatic carbocycles. The van der Waals surface area contributed by atoms with Gasteiger partial charge in [0.05, 0.1) is 6.54 Å². The van der Waals surface area contributed by atoms with Crippen molar-refractivity contribution in [1.82, 2.24) is 0 Å². The van der Waals surface area contributed by atoms with Gasteiger partial charge in [0.1, 0.15) is 0 Å². The number of rotatable bonds is 2. The van der Waals surface area contributed by atoms with Crippen LogP contribution in [0.3, 0.4) is 0 Å². The maximum absolute atomic E-state index is 12.4. The Morgan fingerprint density at radius 3 is 2.45 bits per heavy atom. The van der Waals surface area contributed by atoms with Gasteiger partial charge in [0.15, 0.2) is 0 Å². The maximum atomic E-state index is 12.4. The quantitative estimate of drug-likeness (QED) is 0.788. The Bertz CT molecular complexity index is 661. The molecule has 3 heteroatoms. The van der Waals surface area contributed by atoms with Crippen molar-refractivity contribution in [2.75, 3.05) is 4.90 Å². The van der Waals surface area contributed by atoms with E-state index in [0.29, 0.717) is 23.0 Å². The van der Waals surface area contributed by atoms with E-state index in [1.807, 2.05) is 24.3 Å². The standard InChI is InChI=1S/C17H16ClNO/c1-11(2)12-4-7-15(8-5-12)19-10-13-3-6-14(18)9-16(13)17(19)20/h3-9,11H,10H2,1-2H3. The van der Waals surface area contributed by atoms with Gasteiger partial charge in [-0.25, -0.2) is 0 Å². The molecule has 0 N–H and O–H groups in total. The number of anilines is 1. The first-order valence-corrected chi connectivity index (χ1v) is 7.14. The van der Waals surface area contributed by atoms with Crippen LogP contribution < -0.4 is 4.90 Å². The highest BCUT2D eigenvalue weighted by molar-refractivity contribution is 6.31. The zero-order valence-corrected chi connectivity index (χ0v) is 12.3. The second-order valence-electron chi connectivity index (χ2n) is 5.44. The van der Waals surface area contributed by atoms with E-state index < -0.39 is 0 Å². The van der Waals surface area contributed by atoms with Gasteiger partial charge in [-0.15, -0.1) is 0 Å². The number of carbonyl (C=O) groups excluding carboxylic acids is 1. The molecule has 0 unspecified atom stereocenters. The van der Waals surface area contributed by atoms with E-state index in [4.69, 9.17) is 11.6 Å². The molecule has 0 aromatic heterocycles. The third-order valence-corrected chi connectivity index (χ3v) is 3.98. The zero-order valence-electron chi connectivity index (χ0n) is 11.6. The van der Waals surface area contributed by atoms with Crippen LogP contribution in [0.1, 0.15) is 41.3 Å². The molecule has 0 saturated heterocycles. The van der Waals surface area contributed by atoms with E-state index in [9.17, 15) is 4.79 Å². The van der Waals surface area contributed by atoms with Crippen molar-refractivity contribution in [1.29, 1.82) is 0 Å². The van der Waals surface area contributed by atoms with Crippen LogP contribution in [0.25, 0.3) is 0 Å². The topological polar surface area (TPSA) is 20.3 Å². The fourth-order valence-corrected chi connectivity index (χ4v) is 2.69. The third kappa shape index (κ3) is 2.20. The van der Waals surface area contributed by atoms with Gasteiger partial charge >= 0.3 is 0 Å². The maximum Gasteiger partial charge on any atom is 0.258 e. The number of hydrogen-bond acceptors (Lipinski definition) is 1. The van der Waals surface area contributed by atoms with Gasteiger partial charge in [-0.2, -0.15) is 0 Å². The number of fused-ring (bicyclic) bond motifs is 1. The van der Waals surface area contributed by atoms with Gasteiger partial charge in [-0.3, -0.25) is 4.79 Å². The molecule has 0 fully saturated rings. The lowest BCUT2D eigenvalue weighted by molar-refractivity contribution is 0.0996. The smallest absolute Gasteiger partial charge is 0.258 e. The summed E-state index contributed by atoms with van der Waals surface area (Å²) in [5.41, 5.74) is 3.96. The summed E-state index contributed by atoms with van der Waals surface area (Å²) < 4.78 is 0. The molecular formula is C17H16ClNO. The Kier molecular flexibility index (Phi) is 3.27. The second kappa shape index (κ2) is 4.95. The third-order valence-electron chi connectivity index (χ3n) is 3.75. The van der Waals surface area contributed by atoms with Crippen molar-refractivity contribution in [2.45, 2.75) is 26.3 Å². The molecule has 0 bridgehead atoms. The molecule has 2 aromatic rings. The molecule has 20 heavy (non-hydrogen) atoms. The number of hydrogen-bond donors (Lipinski definition) is 0. The van der Waals surface area contributed by atoms with E-state index in [1.165, 1.54) is 5.56 Å². The SMILES string of the molecule is CC(C)c1ccc(N2Cc3ccc(Cl)cc3C2=O)cc1. The Morgan fingerprint density at radius 2 is 1.80 bits per heavy atom. The highest BCUT2D eigenvalue weighted by Crippen LogP contribution is 2.30. The summed E-state index contributed by atoms with van der Waals surface area (Å²) in [7, 11) is 0. The molecule has 1 amide bonds. The van der Waals surface area contributed by atoms with E-state index in [2.05, 4.69) is 26.0 Å². The minimum Gasteiger partial charge on any atom is -0.304 e. The van der Waals surface area contributed by atoms with Crippen LogP contribution in [0.5, 0.6) is 0 Å². The number of benzene rings is 2. The predicted octanol–water partition coefficient (Wildman–Crippen LogP) is 4.62. The Balaban J connectivity index is 1.92. The largest absolute Gasteiger partial charge is 0.304 e. The molecule has 0 radical (unpaired) electrons. The van der Waals surface area contributed by atoms with E-state index >= 15 is 0 Å². The van der Waals surface area contributed by atoms with Crippen LogP contribution in [-0.2, 0) is 6.54 Å². The van der Waals surface area contributed by atoms with Crippen LogP contribution in [0, 0.1) is 0 Å². The van der Waals surface area contributed by atoms with Crippen molar-refractivity contribution in [3.63, 3.8) is 0 Å². The van der Waals surface area contributed by atoms with Gasteiger partial charge in [0.2, 0.25) is 0 Å². The van der Waals surface area contributed by atoms with E-state index in [-0.39, 0.29) is 5.91 Å². The van der Waals surface area contributed by atoms with Gasteiger partial charge in [0.25, 0.3) is 5.91 Å². The fourth-order valence-electron chi connectivity index (χ4n) is 2.52. The molecule has 1 heterocycles. The van der Waals surface area contributed by atoms with Crippen molar-refractivity contribution in [3.05, 3.63) is 64.2 Å². The van der Waals surface area contributed by atoms with Gasteiger partial charge < -0.3 is 4.90 Å². The van der Waals surface area contributed by atoms with Crippen LogP contribution in [0.4, 0.5) is 5.69 Å². The molecule has 102 valence electrons. The Hall–Kier alpha value is -1.80. The van der Waals surface area contributed by atoms with Crippen LogP contribution in [-0.4, -0.2) is 5.91 Å². The molecular weight excluding hydrogens is 270 g/mol. The number of amides is 1. The summed E-state index contributed by atoms with van der Waals surface area (Å²) in [5.74, 6) is 0.522. The molecule has 1 aliphatic heterocycles. The molecule has 1 aliphatic rings. The monoisotopic (exact) mass is 285 g/mol. The lowest BCUT2D eigenvalue weighted by Gasteiger charge is -2.16. The Labute approximate surface area is 124 Å². The van der Waals surface area contributed by atoms with Crippen molar-refractivity contribution >= 4 is 23.2 Å². The lowest BCUT2D eigenvalue weighted by Crippen LogP contribution is -2.22. The van der Waals surface area contributed by atoms with Crippen LogP contribution in [0.15, 0.2) is 42.5 Å². The van der Waals surface area contributed by atoms with Crippen LogP contribution >= 0.6 is 11.6 Å². The highest BCUT2D eigenvalue weighted by Gasteiger charge is 2.28. The fraction of sp³-hybridized carbons (Fsp3) is 0.235. The number of nitrogens with zero attached hydrogens (tertiary/aromatic N) is 1. The van der Waals surface area contributed by atoms with Crippen LogP contribution in [0.2, 0.25) is 5.02 Å². The first kappa shape index (κ1) is 13.2. The molecule has 0 spiro atoms. The summed E-state index contributed by atoms with van der Waals surface area (Å²) >= 11 is 5.97. The predicted molar refractivity (Wildman–Crippen MR) is 82.5 cm³/mol. The zero-order chi connectivity index (χ0) is 14.3. The molecule has 0 aliphatic carbocycles. The van der Waals surface area contributed by atoms with Crippen molar-refractivity contribution in [3.8, 4) is 0 Å². The Morgan fingerprint density at radius 1 is 1.10 bits per heavy atom.